The van der Waals surface area contributed by atoms with Crippen LogP contribution < -0.4 is 30.8 Å². The molecule has 4 atom stereocenters. The van der Waals surface area contributed by atoms with Crippen molar-refractivity contribution in [2.75, 3.05) is 118 Å². The fourth-order valence-corrected chi connectivity index (χ4v) is 9.83. The molecule has 4 aromatic heterocycles. The van der Waals surface area contributed by atoms with E-state index in [1.54, 1.807) is 19.0 Å². The Morgan fingerprint density at radius 3 is 1.63 bits per heavy atom. The Morgan fingerprint density at radius 2 is 1.13 bits per heavy atom. The Balaban J connectivity index is 0.000000151. The van der Waals surface area contributed by atoms with Crippen LogP contribution in [0, 0.1) is 0 Å². The van der Waals surface area contributed by atoms with E-state index in [-0.39, 0.29) is 64.4 Å². The summed E-state index contributed by atoms with van der Waals surface area (Å²) in [4.78, 5) is 49.5. The molecule has 7 aliphatic rings. The minimum absolute atomic E-state index is 0. The third kappa shape index (κ3) is 12.7. The maximum atomic E-state index is 13.7. The number of rotatable bonds is 10. The third-order valence-corrected chi connectivity index (χ3v) is 14.4. The second-order valence-corrected chi connectivity index (χ2v) is 20.4. The van der Waals surface area contributed by atoms with Crippen molar-refractivity contribution in [3.05, 3.63) is 40.9 Å². The molecule has 4 aromatic rings. The standard InChI is InChI=1S/C19H23F2N7O2.C15H22BF2N3O2.C13H18ClN5O2.CH4/c20-16(21)13-7-15(22)23-8-14(13)17-24-18(27-3-5-29-6-4-27)26-19(25-17)28-11-1-2-12(28)10-30-9-11;1-14(2)15(3,4)23-16(22-14)11-8-19-12(20-9-21(5)6)7-10(11)13(17)18;14-11-15-12(18-3-5-20-6-4-18)17-13(16-11)19-9-1-2-10(19)8-21-7-9;/h7-8,11-12,16H,1-6,9-10H2,(H2,22,23);7-9,13H,1-6H3;9-10H,1-8H2;1H4. The number of nitrogens with zero attached hydrogens (tertiary/aromatic N) is 14. The first-order valence-corrected chi connectivity index (χ1v) is 25.3. The van der Waals surface area contributed by atoms with Crippen LogP contribution in [0.25, 0.3) is 11.4 Å². The molecule has 27 heteroatoms. The fraction of sp³-hybridized carbons (Fsp3) is 0.646. The van der Waals surface area contributed by atoms with Crippen molar-refractivity contribution in [2.24, 2.45) is 4.99 Å². The van der Waals surface area contributed by atoms with Crippen molar-refractivity contribution in [3.8, 4) is 11.4 Å². The summed E-state index contributed by atoms with van der Waals surface area (Å²) in [7, 11) is 2.70. The lowest BCUT2D eigenvalue weighted by atomic mass is 9.77. The van der Waals surface area contributed by atoms with Gasteiger partial charge in [0.2, 0.25) is 29.1 Å². The predicted molar refractivity (Wildman–Crippen MR) is 277 cm³/mol. The zero-order chi connectivity index (χ0) is 52.3. The van der Waals surface area contributed by atoms with Crippen molar-refractivity contribution >= 4 is 65.9 Å². The summed E-state index contributed by atoms with van der Waals surface area (Å²) in [5, 5.41) is 0.257. The van der Waals surface area contributed by atoms with Gasteiger partial charge in [-0.15, -0.1) is 0 Å². The van der Waals surface area contributed by atoms with E-state index in [0.717, 1.165) is 52.0 Å². The highest BCUT2D eigenvalue weighted by Crippen LogP contribution is 2.39. The molecule has 11 heterocycles. The fourth-order valence-electron chi connectivity index (χ4n) is 9.68. The van der Waals surface area contributed by atoms with Crippen LogP contribution in [0.3, 0.4) is 0 Å². The maximum absolute atomic E-state index is 13.7. The summed E-state index contributed by atoms with van der Waals surface area (Å²) in [5.74, 6) is 2.72. The number of morpholine rings is 4. The van der Waals surface area contributed by atoms with E-state index < -0.39 is 31.2 Å². The van der Waals surface area contributed by atoms with Gasteiger partial charge in [-0.2, -0.15) is 29.9 Å². The molecule has 7 fully saturated rings. The average Bonchev–Trinajstić information content (AvgIpc) is 3.89. The largest absolute Gasteiger partial charge is 0.496 e. The molecule has 21 nitrogen and oxygen atoms in total. The van der Waals surface area contributed by atoms with Gasteiger partial charge in [0.25, 0.3) is 12.9 Å². The Labute approximate surface area is 440 Å². The van der Waals surface area contributed by atoms with Crippen LogP contribution in [-0.4, -0.2) is 187 Å². The molecule has 4 unspecified atom stereocenters. The molecule has 2 N–H and O–H groups in total. The van der Waals surface area contributed by atoms with E-state index in [0.29, 0.717) is 88.6 Å². The highest BCUT2D eigenvalue weighted by atomic mass is 35.5. The van der Waals surface area contributed by atoms with Gasteiger partial charge in [0.15, 0.2) is 11.6 Å². The van der Waals surface area contributed by atoms with E-state index in [9.17, 15) is 17.6 Å². The number of hydrogen-bond acceptors (Lipinski definition) is 20. The van der Waals surface area contributed by atoms with Gasteiger partial charge in [-0.1, -0.05) is 7.43 Å². The number of alkyl halides is 4. The van der Waals surface area contributed by atoms with Crippen LogP contribution in [0.5, 0.6) is 0 Å². The average molecular weight is 1070 g/mol. The number of fused-ring (bicyclic) bond motifs is 4. The summed E-state index contributed by atoms with van der Waals surface area (Å²) in [6.45, 7) is 15.5. The van der Waals surface area contributed by atoms with Gasteiger partial charge >= 0.3 is 7.12 Å². The first-order chi connectivity index (χ1) is 35.4. The summed E-state index contributed by atoms with van der Waals surface area (Å²) in [6.07, 6.45) is 3.01. The number of halogens is 5. The normalized spacial score (nSPS) is 23.8. The topological polar surface area (TPSA) is 213 Å². The molecular formula is C48H67BClF4N15O6. The van der Waals surface area contributed by atoms with Crippen molar-refractivity contribution < 1.29 is 45.8 Å². The van der Waals surface area contributed by atoms with Crippen molar-refractivity contribution in [2.45, 2.75) is 109 Å². The highest BCUT2D eigenvalue weighted by molar-refractivity contribution is 6.62. The lowest BCUT2D eigenvalue weighted by molar-refractivity contribution is 0.00578. The van der Waals surface area contributed by atoms with Crippen molar-refractivity contribution in [3.63, 3.8) is 0 Å². The number of nitrogens with two attached hydrogens (primary N) is 1. The number of aliphatic imine (C=N–C) groups is 1. The lowest BCUT2D eigenvalue weighted by Crippen LogP contribution is -2.47. The van der Waals surface area contributed by atoms with Gasteiger partial charge in [-0.05, 0) is 77.1 Å². The summed E-state index contributed by atoms with van der Waals surface area (Å²) >= 11 is 6.13. The molecule has 0 amide bonds. The molecule has 7 saturated heterocycles. The SMILES string of the molecule is C.CN(C)C=Nc1cc(C(F)F)c(B2OC(C)(C)C(C)(C)O2)cn1.Clc1nc(N2CCOCC2)nc(N2C3CCC2COC3)n1.Nc1cc(C(F)F)c(-c2nc(N3CCOCC3)nc(N3C4CCC3COC4)n2)cn1. The zero-order valence-corrected chi connectivity index (χ0v) is 43.2. The molecule has 75 heavy (non-hydrogen) atoms. The van der Waals surface area contributed by atoms with Gasteiger partial charge in [-0.25, -0.2) is 32.5 Å². The zero-order valence-electron chi connectivity index (χ0n) is 42.4. The number of ether oxygens (including phenoxy) is 4. The van der Waals surface area contributed by atoms with Crippen LogP contribution in [-0.2, 0) is 28.3 Å². The first kappa shape index (κ1) is 55.8. The molecule has 0 saturated carbocycles. The third-order valence-electron chi connectivity index (χ3n) is 14.3. The summed E-state index contributed by atoms with van der Waals surface area (Å²) < 4.78 is 88.1. The summed E-state index contributed by atoms with van der Waals surface area (Å²) in [5.41, 5.74) is 4.43. The smallest absolute Gasteiger partial charge is 0.399 e. The molecule has 11 rings (SSSR count). The molecular weight excluding hydrogens is 1000 g/mol. The van der Waals surface area contributed by atoms with Crippen LogP contribution in [0.15, 0.2) is 29.5 Å². The van der Waals surface area contributed by atoms with Gasteiger partial charge < -0.3 is 58.5 Å². The van der Waals surface area contributed by atoms with E-state index in [1.165, 1.54) is 30.9 Å². The van der Waals surface area contributed by atoms with E-state index in [2.05, 4.69) is 54.6 Å². The Kier molecular flexibility index (Phi) is 17.8. The Hall–Kier alpha value is -5.38. The molecule has 0 radical (unpaired) electrons. The predicted octanol–water partition coefficient (Wildman–Crippen LogP) is 5.56. The number of anilines is 5. The lowest BCUT2D eigenvalue weighted by Gasteiger charge is -2.35. The minimum Gasteiger partial charge on any atom is -0.399 e. The molecule has 7 aliphatic heterocycles. The minimum atomic E-state index is -2.73. The second-order valence-electron chi connectivity index (χ2n) is 20.1. The van der Waals surface area contributed by atoms with Crippen LogP contribution in [0.1, 0.15) is 84.8 Å². The van der Waals surface area contributed by atoms with Crippen LogP contribution in [0.4, 0.5) is 53.0 Å². The molecule has 0 aromatic carbocycles. The number of nitrogen functional groups attached to an aromatic ring is 1. The molecule has 4 bridgehead atoms. The van der Waals surface area contributed by atoms with Crippen LogP contribution >= 0.6 is 11.6 Å². The first-order valence-electron chi connectivity index (χ1n) is 24.9. The van der Waals surface area contributed by atoms with Gasteiger partial charge in [0, 0.05) is 74.8 Å². The van der Waals surface area contributed by atoms with Gasteiger partial charge in [0.1, 0.15) is 5.82 Å². The van der Waals surface area contributed by atoms with Gasteiger partial charge in [-0.3, -0.25) is 0 Å². The van der Waals surface area contributed by atoms with Crippen molar-refractivity contribution in [1.29, 1.82) is 0 Å². The molecule has 0 aliphatic carbocycles. The van der Waals surface area contributed by atoms with E-state index >= 15 is 0 Å². The summed E-state index contributed by atoms with van der Waals surface area (Å²) in [6, 6.07) is 3.52. The Morgan fingerprint density at radius 1 is 0.667 bits per heavy atom. The Bertz CT molecular complexity index is 2560. The quantitative estimate of drug-likeness (QED) is 0.0891. The monoisotopic (exact) mass is 1070 g/mol. The van der Waals surface area contributed by atoms with E-state index in [1.807, 2.05) is 32.6 Å². The highest BCUT2D eigenvalue weighted by Gasteiger charge is 2.53. The maximum Gasteiger partial charge on any atom is 0.496 e. The molecule has 408 valence electrons. The van der Waals surface area contributed by atoms with Gasteiger partial charge in [0.05, 0.1) is 94.6 Å². The molecule has 0 spiro atoms. The number of pyridine rings is 2. The number of hydrogen-bond donors (Lipinski definition) is 1. The second kappa shape index (κ2) is 23.9. The van der Waals surface area contributed by atoms with Crippen molar-refractivity contribution in [1.82, 2.24) is 44.8 Å². The van der Waals surface area contributed by atoms with E-state index in [4.69, 9.17) is 50.6 Å². The van der Waals surface area contributed by atoms with Crippen LogP contribution in [0.2, 0.25) is 5.28 Å². The number of aromatic nitrogens is 8.